The normalized spacial score (nSPS) is 21.7. The number of benzene rings is 1. The summed E-state index contributed by atoms with van der Waals surface area (Å²) >= 11 is 3.21. The quantitative estimate of drug-likeness (QED) is 0.802. The Kier molecular flexibility index (Phi) is 5.46. The molecule has 1 N–H and O–H groups in total. The highest BCUT2D eigenvalue weighted by molar-refractivity contribution is 9.10. The first-order chi connectivity index (χ1) is 10.7. The van der Waals surface area contributed by atoms with E-state index in [9.17, 15) is 18.7 Å². The van der Waals surface area contributed by atoms with Gasteiger partial charge in [0.2, 0.25) is 0 Å². The molecule has 23 heavy (non-hydrogen) atoms. The Morgan fingerprint density at radius 2 is 2.22 bits per heavy atom. The minimum Gasteiger partial charge on any atom is -0.493 e. The fourth-order valence-corrected chi connectivity index (χ4v) is 3.28. The van der Waals surface area contributed by atoms with Crippen molar-refractivity contribution in [1.29, 1.82) is 0 Å². The summed E-state index contributed by atoms with van der Waals surface area (Å²) in [5.41, 5.74) is 0.0741. The summed E-state index contributed by atoms with van der Waals surface area (Å²) in [6.07, 6.45) is 0.577. The molecular formula is C15H18BrF2NO4. The third-order valence-corrected chi connectivity index (χ3v) is 4.56. The molecule has 8 heteroatoms. The Bertz CT molecular complexity index is 599. The predicted molar refractivity (Wildman–Crippen MR) is 83.0 cm³/mol. The number of hydrogen-bond acceptors (Lipinski definition) is 4. The maximum absolute atomic E-state index is 12.4. The number of hydrogen-bond donors (Lipinski definition) is 1. The molecule has 1 saturated heterocycles. The lowest BCUT2D eigenvalue weighted by atomic mass is 9.90. The molecule has 1 aliphatic heterocycles. The van der Waals surface area contributed by atoms with E-state index in [0.717, 1.165) is 5.56 Å². The molecule has 1 atom stereocenters. The zero-order valence-electron chi connectivity index (χ0n) is 12.8. The molecule has 1 aromatic carbocycles. The molecule has 0 spiro atoms. The van der Waals surface area contributed by atoms with Crippen LogP contribution in [0.5, 0.6) is 11.5 Å². The summed E-state index contributed by atoms with van der Waals surface area (Å²) in [5.74, 6) is -0.655. The van der Waals surface area contributed by atoms with E-state index in [1.54, 1.807) is 19.1 Å². The summed E-state index contributed by atoms with van der Waals surface area (Å²) in [5, 5.41) is 9.26. The van der Waals surface area contributed by atoms with E-state index >= 15 is 0 Å². The topological polar surface area (TPSA) is 59.0 Å². The first-order valence-corrected chi connectivity index (χ1v) is 7.81. The van der Waals surface area contributed by atoms with Crippen molar-refractivity contribution < 1.29 is 28.2 Å². The fourth-order valence-electron chi connectivity index (χ4n) is 2.69. The van der Waals surface area contributed by atoms with Crippen LogP contribution in [0.4, 0.5) is 8.78 Å². The second kappa shape index (κ2) is 7.00. The van der Waals surface area contributed by atoms with Gasteiger partial charge in [-0.3, -0.25) is 9.69 Å². The molecule has 1 aliphatic rings. The zero-order chi connectivity index (χ0) is 17.2. The highest BCUT2D eigenvalue weighted by Gasteiger charge is 2.40. The third-order valence-electron chi connectivity index (χ3n) is 3.97. The summed E-state index contributed by atoms with van der Waals surface area (Å²) in [7, 11) is 1.38. The van der Waals surface area contributed by atoms with Crippen LogP contribution in [-0.4, -0.2) is 42.8 Å². The van der Waals surface area contributed by atoms with Gasteiger partial charge in [-0.1, -0.05) is 0 Å². The van der Waals surface area contributed by atoms with Gasteiger partial charge in [0, 0.05) is 13.1 Å². The molecule has 5 nitrogen and oxygen atoms in total. The molecule has 0 bridgehead atoms. The van der Waals surface area contributed by atoms with Crippen molar-refractivity contribution in [1.82, 2.24) is 4.90 Å². The van der Waals surface area contributed by atoms with Gasteiger partial charge < -0.3 is 14.6 Å². The van der Waals surface area contributed by atoms with Crippen molar-refractivity contribution >= 4 is 21.9 Å². The average Bonchev–Trinajstić information content (AvgIpc) is 2.84. The second-order valence-corrected chi connectivity index (χ2v) is 6.67. The number of nitrogens with zero attached hydrogens (tertiary/aromatic N) is 1. The van der Waals surface area contributed by atoms with E-state index in [0.29, 0.717) is 30.5 Å². The molecule has 0 aromatic heterocycles. The molecule has 2 rings (SSSR count). The average molecular weight is 394 g/mol. The number of aliphatic carboxylic acids is 1. The summed E-state index contributed by atoms with van der Waals surface area (Å²) in [4.78, 5) is 13.3. The molecule has 0 saturated carbocycles. The molecule has 1 unspecified atom stereocenters. The molecule has 128 valence electrons. The molecule has 0 aliphatic carbocycles. The number of carbonyl (C=O) groups is 1. The number of carboxylic acids is 1. The van der Waals surface area contributed by atoms with Crippen molar-refractivity contribution in [2.45, 2.75) is 26.5 Å². The predicted octanol–water partition coefficient (Wildman–Crippen LogP) is 3.36. The molecule has 1 heterocycles. The largest absolute Gasteiger partial charge is 0.493 e. The maximum Gasteiger partial charge on any atom is 0.387 e. The molecule has 0 radical (unpaired) electrons. The Labute approximate surface area is 141 Å². The van der Waals surface area contributed by atoms with Crippen LogP contribution < -0.4 is 9.47 Å². The van der Waals surface area contributed by atoms with Crippen LogP contribution >= 0.6 is 15.9 Å². The summed E-state index contributed by atoms with van der Waals surface area (Å²) in [6.45, 7) is 0.397. The lowest BCUT2D eigenvalue weighted by Crippen LogP contribution is -2.31. The number of ether oxygens (including phenoxy) is 2. The van der Waals surface area contributed by atoms with E-state index in [1.165, 1.54) is 7.11 Å². The minimum atomic E-state index is -2.94. The molecular weight excluding hydrogens is 376 g/mol. The van der Waals surface area contributed by atoms with Crippen LogP contribution in [0.3, 0.4) is 0 Å². The second-order valence-electron chi connectivity index (χ2n) is 5.81. The lowest BCUT2D eigenvalue weighted by Gasteiger charge is -2.21. The van der Waals surface area contributed by atoms with E-state index < -0.39 is 18.0 Å². The number of carboxylic acid groups (broad SMARTS) is 1. The zero-order valence-corrected chi connectivity index (χ0v) is 14.4. The van der Waals surface area contributed by atoms with E-state index in [1.807, 2.05) is 4.90 Å². The fraction of sp³-hybridized carbons (Fsp3) is 0.533. The molecule has 1 aromatic rings. The maximum atomic E-state index is 12.4. The Balaban J connectivity index is 2.16. The first-order valence-electron chi connectivity index (χ1n) is 7.02. The van der Waals surface area contributed by atoms with Crippen molar-refractivity contribution in [3.8, 4) is 11.5 Å². The van der Waals surface area contributed by atoms with Crippen molar-refractivity contribution in [3.63, 3.8) is 0 Å². The van der Waals surface area contributed by atoms with E-state index in [4.69, 9.17) is 4.74 Å². The smallest absolute Gasteiger partial charge is 0.387 e. The molecule has 0 amide bonds. The Morgan fingerprint density at radius 3 is 2.74 bits per heavy atom. The monoisotopic (exact) mass is 393 g/mol. The van der Waals surface area contributed by atoms with Gasteiger partial charge >= 0.3 is 12.6 Å². The lowest BCUT2D eigenvalue weighted by molar-refractivity contribution is -0.147. The van der Waals surface area contributed by atoms with Gasteiger partial charge in [-0.25, -0.2) is 0 Å². The SMILES string of the molecule is COc1cc(CN2CCC(C)(C(=O)O)C2)cc(Br)c1OC(F)F. The van der Waals surface area contributed by atoms with Gasteiger partial charge in [0.15, 0.2) is 11.5 Å². The van der Waals surface area contributed by atoms with Crippen LogP contribution in [0, 0.1) is 5.41 Å². The number of halogens is 3. The first kappa shape index (κ1) is 17.9. The highest BCUT2D eigenvalue weighted by atomic mass is 79.9. The van der Waals surface area contributed by atoms with Gasteiger partial charge in [-0.05, 0) is 53.5 Å². The molecule has 1 fully saturated rings. The van der Waals surface area contributed by atoms with Crippen LogP contribution in [0.15, 0.2) is 16.6 Å². The van der Waals surface area contributed by atoms with Gasteiger partial charge in [0.1, 0.15) is 0 Å². The number of likely N-dealkylation sites (tertiary alicyclic amines) is 1. The number of rotatable bonds is 6. The Hall–Kier alpha value is -1.41. The van der Waals surface area contributed by atoms with Crippen LogP contribution in [-0.2, 0) is 11.3 Å². The van der Waals surface area contributed by atoms with Crippen LogP contribution in [0.2, 0.25) is 0 Å². The highest BCUT2D eigenvalue weighted by Crippen LogP contribution is 2.39. The van der Waals surface area contributed by atoms with E-state index in [2.05, 4.69) is 20.7 Å². The van der Waals surface area contributed by atoms with Gasteiger partial charge in [0.25, 0.3) is 0 Å². The Morgan fingerprint density at radius 1 is 1.52 bits per heavy atom. The van der Waals surface area contributed by atoms with Crippen LogP contribution in [0.25, 0.3) is 0 Å². The van der Waals surface area contributed by atoms with Gasteiger partial charge in [-0.2, -0.15) is 8.78 Å². The standard InChI is InChI=1S/C15H18BrF2NO4/c1-15(13(20)21)3-4-19(8-15)7-9-5-10(16)12(23-14(17)18)11(6-9)22-2/h5-6,14H,3-4,7-8H2,1-2H3,(H,20,21). The van der Waals surface area contributed by atoms with Crippen molar-refractivity contribution in [2.75, 3.05) is 20.2 Å². The van der Waals surface area contributed by atoms with Crippen molar-refractivity contribution in [3.05, 3.63) is 22.2 Å². The van der Waals surface area contributed by atoms with E-state index in [-0.39, 0.29) is 11.5 Å². The minimum absolute atomic E-state index is 0.0527. The third kappa shape index (κ3) is 4.11. The van der Waals surface area contributed by atoms with Gasteiger partial charge in [0.05, 0.1) is 17.0 Å². The summed E-state index contributed by atoms with van der Waals surface area (Å²) in [6, 6.07) is 3.30. The van der Waals surface area contributed by atoms with Crippen LogP contribution in [0.1, 0.15) is 18.9 Å². The van der Waals surface area contributed by atoms with Crippen molar-refractivity contribution in [2.24, 2.45) is 5.41 Å². The number of methoxy groups -OCH3 is 1. The van der Waals surface area contributed by atoms with Gasteiger partial charge in [-0.15, -0.1) is 0 Å². The summed E-state index contributed by atoms with van der Waals surface area (Å²) < 4.78 is 34.8. The number of alkyl halides is 2.